The molecule has 7 heteroatoms. The van der Waals surface area contributed by atoms with Crippen LogP contribution in [0.5, 0.6) is 0 Å². The fourth-order valence-electron chi connectivity index (χ4n) is 2.32. The molecule has 2 aromatic rings. The smallest absolute Gasteiger partial charge is 0.311 e. The third kappa shape index (κ3) is 5.86. The molecule has 0 saturated heterocycles. The van der Waals surface area contributed by atoms with E-state index in [4.69, 9.17) is 4.74 Å². The van der Waals surface area contributed by atoms with Gasteiger partial charge in [0.15, 0.2) is 0 Å². The van der Waals surface area contributed by atoms with Crippen LogP contribution in [-0.2, 0) is 16.0 Å². The number of hydrogen-bond acceptors (Lipinski definition) is 7. The van der Waals surface area contributed by atoms with Crippen LogP contribution in [0.4, 0.5) is 10.8 Å². The van der Waals surface area contributed by atoms with E-state index >= 15 is 0 Å². The summed E-state index contributed by atoms with van der Waals surface area (Å²) in [6.07, 6.45) is 1.93. The number of ether oxygens (including phenoxy) is 1. The molecule has 1 aromatic carbocycles. The van der Waals surface area contributed by atoms with Crippen molar-refractivity contribution in [3.63, 3.8) is 0 Å². The molecule has 0 unspecified atom stereocenters. The van der Waals surface area contributed by atoms with E-state index in [0.717, 1.165) is 18.7 Å². The number of hydrogen-bond donors (Lipinski definition) is 1. The number of thiazole rings is 1. The van der Waals surface area contributed by atoms with Gasteiger partial charge in [-0.15, -0.1) is 11.3 Å². The van der Waals surface area contributed by atoms with E-state index in [9.17, 15) is 4.79 Å². The lowest BCUT2D eigenvalue weighted by atomic mass is 10.2. The number of nitrogens with one attached hydrogen (secondary N) is 1. The Bertz CT molecular complexity index is 693. The highest BCUT2D eigenvalue weighted by atomic mass is 32.1. The topological polar surface area (TPSA) is 66.8 Å². The van der Waals surface area contributed by atoms with Crippen LogP contribution in [0.15, 0.2) is 34.7 Å². The minimum atomic E-state index is -0.267. The molecule has 1 aromatic heterocycles. The van der Waals surface area contributed by atoms with Crippen LogP contribution in [0.2, 0.25) is 0 Å². The van der Waals surface area contributed by atoms with Gasteiger partial charge in [0.05, 0.1) is 24.9 Å². The summed E-state index contributed by atoms with van der Waals surface area (Å²) in [6, 6.07) is 8.25. The molecule has 0 fully saturated rings. The van der Waals surface area contributed by atoms with Crippen LogP contribution < -0.4 is 10.3 Å². The van der Waals surface area contributed by atoms with Crippen molar-refractivity contribution in [2.75, 3.05) is 30.0 Å². The molecule has 0 aliphatic rings. The van der Waals surface area contributed by atoms with Gasteiger partial charge in [0.2, 0.25) is 5.13 Å². The van der Waals surface area contributed by atoms with Gasteiger partial charge in [-0.3, -0.25) is 10.2 Å². The minimum absolute atomic E-state index is 0.183. The quantitative estimate of drug-likeness (QED) is 0.421. The highest BCUT2D eigenvalue weighted by molar-refractivity contribution is 7.13. The van der Waals surface area contributed by atoms with Crippen molar-refractivity contribution in [1.82, 2.24) is 4.98 Å². The molecule has 0 saturated carbocycles. The number of esters is 1. The zero-order valence-corrected chi connectivity index (χ0v) is 15.7. The Kier molecular flexibility index (Phi) is 7.40. The summed E-state index contributed by atoms with van der Waals surface area (Å²) < 4.78 is 4.91. The normalized spacial score (nSPS) is 10.8. The summed E-state index contributed by atoms with van der Waals surface area (Å²) in [5, 5.41) is 6.67. The number of rotatable bonds is 9. The Morgan fingerprint density at radius 2 is 2.00 bits per heavy atom. The molecule has 1 N–H and O–H groups in total. The third-order valence-corrected chi connectivity index (χ3v) is 4.37. The van der Waals surface area contributed by atoms with Gasteiger partial charge >= 0.3 is 5.97 Å². The maximum absolute atomic E-state index is 11.4. The molecule has 2 rings (SSSR count). The Morgan fingerprint density at radius 1 is 1.28 bits per heavy atom. The summed E-state index contributed by atoms with van der Waals surface area (Å²) in [7, 11) is 0. The lowest BCUT2D eigenvalue weighted by Crippen LogP contribution is -2.21. The molecule has 134 valence electrons. The lowest BCUT2D eigenvalue weighted by Gasteiger charge is -2.20. The third-order valence-electron chi connectivity index (χ3n) is 3.58. The zero-order valence-electron chi connectivity index (χ0n) is 14.9. The predicted molar refractivity (Wildman–Crippen MR) is 104 cm³/mol. The van der Waals surface area contributed by atoms with Gasteiger partial charge in [0, 0.05) is 24.2 Å². The molecule has 0 atom stereocenters. The minimum Gasteiger partial charge on any atom is -0.466 e. The Hall–Kier alpha value is -2.41. The van der Waals surface area contributed by atoms with Crippen molar-refractivity contribution in [3.05, 3.63) is 40.9 Å². The van der Waals surface area contributed by atoms with Gasteiger partial charge in [-0.25, -0.2) is 4.98 Å². The van der Waals surface area contributed by atoms with Crippen LogP contribution >= 0.6 is 11.3 Å². The summed E-state index contributed by atoms with van der Waals surface area (Å²) in [6.45, 7) is 8.44. The summed E-state index contributed by atoms with van der Waals surface area (Å²) in [4.78, 5) is 18.0. The van der Waals surface area contributed by atoms with Crippen molar-refractivity contribution in [3.8, 4) is 0 Å². The molecule has 0 radical (unpaired) electrons. The molecular weight excluding hydrogens is 336 g/mol. The van der Waals surface area contributed by atoms with E-state index in [1.165, 1.54) is 17.0 Å². The van der Waals surface area contributed by atoms with Gasteiger partial charge in [-0.05, 0) is 38.5 Å². The molecular formula is C18H24N4O2S. The van der Waals surface area contributed by atoms with Crippen molar-refractivity contribution in [2.24, 2.45) is 5.10 Å². The molecule has 0 amide bonds. The van der Waals surface area contributed by atoms with Crippen LogP contribution in [-0.4, -0.2) is 36.9 Å². The maximum Gasteiger partial charge on any atom is 0.311 e. The number of hydrazone groups is 1. The van der Waals surface area contributed by atoms with Crippen LogP contribution in [0.25, 0.3) is 0 Å². The highest BCUT2D eigenvalue weighted by Crippen LogP contribution is 2.17. The standard InChI is InChI=1S/C18H24N4O2S/c1-4-22(5-2)16-9-7-14(8-10-16)12-19-21-18-20-15(13-25-18)11-17(23)24-6-3/h7-10,12-13H,4-6,11H2,1-3H3,(H,20,21). The fourth-order valence-corrected chi connectivity index (χ4v) is 2.98. The second-order valence-corrected chi connectivity index (χ2v) is 6.12. The van der Waals surface area contributed by atoms with E-state index in [2.05, 4.69) is 46.4 Å². The van der Waals surface area contributed by atoms with Crippen molar-refractivity contribution in [1.29, 1.82) is 0 Å². The van der Waals surface area contributed by atoms with Crippen LogP contribution in [0.1, 0.15) is 32.0 Å². The molecule has 0 bridgehead atoms. The molecule has 6 nitrogen and oxygen atoms in total. The van der Waals surface area contributed by atoms with Gasteiger partial charge in [-0.1, -0.05) is 12.1 Å². The molecule has 25 heavy (non-hydrogen) atoms. The zero-order chi connectivity index (χ0) is 18.1. The summed E-state index contributed by atoms with van der Waals surface area (Å²) >= 11 is 1.41. The van der Waals surface area contributed by atoms with E-state index in [1.807, 2.05) is 17.5 Å². The fraction of sp³-hybridized carbons (Fsp3) is 0.389. The Morgan fingerprint density at radius 3 is 2.64 bits per heavy atom. The number of anilines is 2. The van der Waals surface area contributed by atoms with Crippen LogP contribution in [0.3, 0.4) is 0 Å². The largest absolute Gasteiger partial charge is 0.466 e. The first-order chi connectivity index (χ1) is 12.2. The molecule has 0 aliphatic heterocycles. The molecule has 1 heterocycles. The second kappa shape index (κ2) is 9.78. The number of nitrogens with zero attached hydrogens (tertiary/aromatic N) is 3. The first-order valence-corrected chi connectivity index (χ1v) is 9.28. The number of benzene rings is 1. The van der Waals surface area contributed by atoms with Gasteiger partial charge in [-0.2, -0.15) is 5.10 Å². The van der Waals surface area contributed by atoms with E-state index in [1.54, 1.807) is 13.1 Å². The first-order valence-electron chi connectivity index (χ1n) is 8.40. The second-order valence-electron chi connectivity index (χ2n) is 5.26. The monoisotopic (exact) mass is 360 g/mol. The number of aromatic nitrogens is 1. The van der Waals surface area contributed by atoms with Crippen molar-refractivity contribution >= 4 is 34.3 Å². The predicted octanol–water partition coefficient (Wildman–Crippen LogP) is 3.54. The summed E-state index contributed by atoms with van der Waals surface area (Å²) in [5.74, 6) is -0.267. The van der Waals surface area contributed by atoms with Gasteiger partial charge < -0.3 is 9.64 Å². The number of carbonyl (C=O) groups excluding carboxylic acids is 1. The average molecular weight is 360 g/mol. The number of carbonyl (C=O) groups is 1. The van der Waals surface area contributed by atoms with Gasteiger partial charge in [0.1, 0.15) is 0 Å². The Labute approximate surface area is 152 Å². The SMILES string of the molecule is CCOC(=O)Cc1csc(NN=Cc2ccc(N(CC)CC)cc2)n1. The summed E-state index contributed by atoms with van der Waals surface area (Å²) in [5.41, 5.74) is 5.79. The Balaban J connectivity index is 1.88. The highest BCUT2D eigenvalue weighted by Gasteiger charge is 2.07. The lowest BCUT2D eigenvalue weighted by molar-refractivity contribution is -0.142. The van der Waals surface area contributed by atoms with E-state index in [0.29, 0.717) is 17.4 Å². The van der Waals surface area contributed by atoms with Gasteiger partial charge in [0.25, 0.3) is 0 Å². The molecule has 0 aliphatic carbocycles. The molecule has 0 spiro atoms. The van der Waals surface area contributed by atoms with Crippen molar-refractivity contribution in [2.45, 2.75) is 27.2 Å². The van der Waals surface area contributed by atoms with Crippen LogP contribution in [0, 0.1) is 0 Å². The maximum atomic E-state index is 11.4. The first kappa shape index (κ1) is 18.9. The van der Waals surface area contributed by atoms with E-state index < -0.39 is 0 Å². The average Bonchev–Trinajstić information content (AvgIpc) is 3.05. The van der Waals surface area contributed by atoms with E-state index in [-0.39, 0.29) is 12.4 Å². The van der Waals surface area contributed by atoms with Crippen molar-refractivity contribution < 1.29 is 9.53 Å².